The van der Waals surface area contributed by atoms with Gasteiger partial charge < -0.3 is 14.6 Å². The molecule has 1 saturated heterocycles. The lowest BCUT2D eigenvalue weighted by atomic mass is 10.2. The van der Waals surface area contributed by atoms with Gasteiger partial charge in [-0.15, -0.1) is 0 Å². The van der Waals surface area contributed by atoms with Crippen LogP contribution in [0.15, 0.2) is 21.5 Å². The van der Waals surface area contributed by atoms with Crippen molar-refractivity contribution in [2.24, 2.45) is 0 Å². The van der Waals surface area contributed by atoms with Crippen molar-refractivity contribution in [1.29, 1.82) is 0 Å². The molecule has 1 aromatic rings. The second-order valence-electron chi connectivity index (χ2n) is 4.07. The number of benzene rings is 1. The average molecular weight is 388 g/mol. The second-order valence-corrected chi connectivity index (χ2v) is 5.94. The molecule has 116 valence electrons. The molecule has 0 unspecified atom stereocenters. The van der Waals surface area contributed by atoms with Crippen LogP contribution in [0.3, 0.4) is 0 Å². The van der Waals surface area contributed by atoms with Gasteiger partial charge in [-0.2, -0.15) is 0 Å². The summed E-state index contributed by atoms with van der Waals surface area (Å²) in [6.07, 6.45) is 1.53. The quantitative estimate of drug-likeness (QED) is 0.746. The van der Waals surface area contributed by atoms with Gasteiger partial charge in [0.05, 0.1) is 16.5 Å². The third kappa shape index (κ3) is 3.80. The summed E-state index contributed by atoms with van der Waals surface area (Å²) < 4.78 is 10.8. The van der Waals surface area contributed by atoms with Gasteiger partial charge in [-0.05, 0) is 51.5 Å². The normalized spacial score (nSPS) is 15.8. The number of imide groups is 1. The van der Waals surface area contributed by atoms with E-state index in [1.807, 2.05) is 0 Å². The Morgan fingerprint density at radius 3 is 2.73 bits per heavy atom. The number of ether oxygens (including phenoxy) is 2. The number of methoxy groups -OCH3 is 1. The molecule has 7 nitrogen and oxygen atoms in total. The molecule has 22 heavy (non-hydrogen) atoms. The molecule has 1 aromatic carbocycles. The lowest BCUT2D eigenvalue weighted by Crippen LogP contribution is -2.17. The van der Waals surface area contributed by atoms with Gasteiger partial charge in [-0.25, -0.2) is 4.79 Å². The molecule has 2 amide bonds. The predicted molar refractivity (Wildman–Crippen MR) is 82.9 cm³/mol. The Bertz CT molecular complexity index is 687. The van der Waals surface area contributed by atoms with E-state index in [0.717, 1.165) is 11.8 Å². The molecular formula is C13H10BrNO6S. The maximum atomic E-state index is 11.5. The molecule has 0 saturated carbocycles. The first-order valence-corrected chi connectivity index (χ1v) is 7.48. The Morgan fingerprint density at radius 1 is 1.45 bits per heavy atom. The number of nitrogens with one attached hydrogen (secondary N) is 1. The van der Waals surface area contributed by atoms with Crippen LogP contribution in [0.1, 0.15) is 5.56 Å². The van der Waals surface area contributed by atoms with Gasteiger partial charge in [0.15, 0.2) is 18.1 Å². The zero-order valence-corrected chi connectivity index (χ0v) is 13.6. The zero-order chi connectivity index (χ0) is 16.3. The fourth-order valence-electron chi connectivity index (χ4n) is 1.67. The lowest BCUT2D eigenvalue weighted by Gasteiger charge is -2.12. The minimum absolute atomic E-state index is 0.242. The third-order valence-corrected chi connectivity index (χ3v) is 3.93. The van der Waals surface area contributed by atoms with E-state index < -0.39 is 23.7 Å². The van der Waals surface area contributed by atoms with E-state index in [1.54, 1.807) is 12.1 Å². The number of carboxylic acid groups (broad SMARTS) is 1. The number of hydrogen-bond acceptors (Lipinski definition) is 6. The van der Waals surface area contributed by atoms with Crippen LogP contribution in [0, 0.1) is 0 Å². The summed E-state index contributed by atoms with van der Waals surface area (Å²) in [4.78, 5) is 33.5. The molecular weight excluding hydrogens is 378 g/mol. The van der Waals surface area contributed by atoms with Crippen LogP contribution in [0.25, 0.3) is 6.08 Å². The molecule has 0 spiro atoms. The average Bonchev–Trinajstić information content (AvgIpc) is 2.74. The molecule has 0 atom stereocenters. The van der Waals surface area contributed by atoms with Crippen LogP contribution in [0.4, 0.5) is 4.79 Å². The fourth-order valence-corrected chi connectivity index (χ4v) is 2.93. The Morgan fingerprint density at radius 2 is 2.18 bits per heavy atom. The van der Waals surface area contributed by atoms with Crippen LogP contribution in [0.5, 0.6) is 11.5 Å². The van der Waals surface area contributed by atoms with Crippen LogP contribution in [-0.4, -0.2) is 35.9 Å². The van der Waals surface area contributed by atoms with Gasteiger partial charge in [-0.1, -0.05) is 0 Å². The summed E-state index contributed by atoms with van der Waals surface area (Å²) in [5.74, 6) is -1.03. The highest BCUT2D eigenvalue weighted by Gasteiger charge is 2.25. The van der Waals surface area contributed by atoms with Crippen molar-refractivity contribution < 1.29 is 29.0 Å². The van der Waals surface area contributed by atoms with Crippen molar-refractivity contribution in [3.63, 3.8) is 0 Å². The van der Waals surface area contributed by atoms with Gasteiger partial charge in [0, 0.05) is 0 Å². The van der Waals surface area contributed by atoms with Crippen LogP contribution in [-0.2, 0) is 9.59 Å². The molecule has 0 bridgehead atoms. The minimum atomic E-state index is -1.11. The van der Waals surface area contributed by atoms with Gasteiger partial charge in [0.1, 0.15) is 0 Å². The standard InChI is InChI=1S/C13H10BrNO6S/c1-20-8-3-6(4-9-12(18)15-13(19)22-9)2-7(14)11(8)21-5-10(16)17/h2-4H,5H2,1H3,(H,16,17)(H,15,18,19)/b9-4+. The molecule has 0 aromatic heterocycles. The van der Waals surface area contributed by atoms with Crippen LogP contribution < -0.4 is 14.8 Å². The summed E-state index contributed by atoms with van der Waals surface area (Å²) >= 11 is 4.07. The minimum Gasteiger partial charge on any atom is -0.493 e. The number of carbonyl (C=O) groups excluding carboxylic acids is 2. The first kappa shape index (κ1) is 16.4. The summed E-state index contributed by atoms with van der Waals surface area (Å²) in [6, 6.07) is 3.20. The zero-order valence-electron chi connectivity index (χ0n) is 11.2. The van der Waals surface area contributed by atoms with Gasteiger partial charge in [-0.3, -0.25) is 14.9 Å². The summed E-state index contributed by atoms with van der Waals surface area (Å²) in [5.41, 5.74) is 0.596. The topological polar surface area (TPSA) is 102 Å². The number of aliphatic carboxylic acids is 1. The molecule has 2 rings (SSSR count). The van der Waals surface area contributed by atoms with E-state index in [2.05, 4.69) is 21.2 Å². The van der Waals surface area contributed by atoms with Crippen LogP contribution >= 0.6 is 27.7 Å². The number of halogens is 1. The molecule has 2 N–H and O–H groups in total. The first-order valence-electron chi connectivity index (χ1n) is 5.87. The maximum absolute atomic E-state index is 11.5. The lowest BCUT2D eigenvalue weighted by molar-refractivity contribution is -0.139. The van der Waals surface area contributed by atoms with Crippen molar-refractivity contribution in [3.8, 4) is 11.5 Å². The predicted octanol–water partition coefficient (Wildman–Crippen LogP) is 2.24. The van der Waals surface area contributed by atoms with E-state index in [4.69, 9.17) is 14.6 Å². The van der Waals surface area contributed by atoms with E-state index in [1.165, 1.54) is 13.2 Å². The highest BCUT2D eigenvalue weighted by molar-refractivity contribution is 9.10. The summed E-state index contributed by atoms with van der Waals surface area (Å²) in [6.45, 7) is -0.512. The number of rotatable bonds is 5. The summed E-state index contributed by atoms with van der Waals surface area (Å²) in [5, 5.41) is 10.4. The van der Waals surface area contributed by atoms with Crippen molar-refractivity contribution in [1.82, 2.24) is 5.32 Å². The number of thioether (sulfide) groups is 1. The number of amides is 2. The van der Waals surface area contributed by atoms with E-state index in [0.29, 0.717) is 15.8 Å². The molecule has 1 heterocycles. The van der Waals surface area contributed by atoms with Crippen molar-refractivity contribution >= 4 is 50.9 Å². The van der Waals surface area contributed by atoms with Crippen molar-refractivity contribution in [3.05, 3.63) is 27.1 Å². The molecule has 1 aliphatic heterocycles. The Balaban J connectivity index is 2.33. The summed E-state index contributed by atoms with van der Waals surface area (Å²) in [7, 11) is 1.41. The Kier molecular flexibility index (Phi) is 5.09. The maximum Gasteiger partial charge on any atom is 0.341 e. The molecule has 1 aliphatic rings. The largest absolute Gasteiger partial charge is 0.493 e. The second kappa shape index (κ2) is 6.84. The smallest absolute Gasteiger partial charge is 0.341 e. The Hall–Kier alpha value is -2.00. The van der Waals surface area contributed by atoms with Gasteiger partial charge in [0.2, 0.25) is 0 Å². The van der Waals surface area contributed by atoms with E-state index in [-0.39, 0.29) is 10.7 Å². The van der Waals surface area contributed by atoms with Crippen molar-refractivity contribution in [2.75, 3.05) is 13.7 Å². The van der Waals surface area contributed by atoms with Gasteiger partial charge >= 0.3 is 5.97 Å². The van der Waals surface area contributed by atoms with Crippen LogP contribution in [0.2, 0.25) is 0 Å². The van der Waals surface area contributed by atoms with Gasteiger partial charge in [0.25, 0.3) is 11.1 Å². The number of carbonyl (C=O) groups is 3. The number of carboxylic acids is 1. The first-order chi connectivity index (χ1) is 10.4. The molecule has 0 radical (unpaired) electrons. The van der Waals surface area contributed by atoms with E-state index in [9.17, 15) is 14.4 Å². The SMILES string of the molecule is COc1cc(/C=C2/SC(=O)NC2=O)cc(Br)c1OCC(=O)O. The highest BCUT2D eigenvalue weighted by Crippen LogP contribution is 2.38. The molecule has 9 heteroatoms. The highest BCUT2D eigenvalue weighted by atomic mass is 79.9. The Labute approximate surface area is 137 Å². The molecule has 0 aliphatic carbocycles. The fraction of sp³-hybridized carbons (Fsp3) is 0.154. The van der Waals surface area contributed by atoms with E-state index >= 15 is 0 Å². The molecule has 1 fully saturated rings. The third-order valence-electron chi connectivity index (χ3n) is 2.53. The van der Waals surface area contributed by atoms with Crippen molar-refractivity contribution in [2.45, 2.75) is 0 Å². The monoisotopic (exact) mass is 387 g/mol. The number of hydrogen-bond donors (Lipinski definition) is 2.